The molecule has 140 valence electrons. The van der Waals surface area contributed by atoms with Crippen LogP contribution in [-0.2, 0) is 19.2 Å². The van der Waals surface area contributed by atoms with E-state index in [1.165, 1.54) is 12.2 Å². The number of nitrogens with zero attached hydrogens (tertiary/aromatic N) is 1. The van der Waals surface area contributed by atoms with Gasteiger partial charge in [0.2, 0.25) is 5.91 Å². The number of nitrogens with one attached hydrogen (secondary N) is 1. The molecule has 0 spiro atoms. The molecule has 0 bridgehead atoms. The van der Waals surface area contributed by atoms with Gasteiger partial charge in [0.1, 0.15) is 0 Å². The molecule has 2 rings (SSSR count). The highest BCUT2D eigenvalue weighted by Crippen LogP contribution is 2.23. The Kier molecular flexibility index (Phi) is 7.09. The van der Waals surface area contributed by atoms with Gasteiger partial charge in [-0.25, -0.2) is 4.79 Å². The lowest BCUT2D eigenvalue weighted by molar-refractivity contribution is -0.192. The van der Waals surface area contributed by atoms with Gasteiger partial charge in [-0.2, -0.15) is 13.2 Å². The normalized spacial score (nSPS) is 22.6. The molecule has 1 fully saturated rings. The maximum Gasteiger partial charge on any atom is 0.490 e. The van der Waals surface area contributed by atoms with Crippen LogP contribution >= 0.6 is 0 Å². The zero-order chi connectivity index (χ0) is 19.2. The lowest BCUT2D eigenvalue weighted by Gasteiger charge is -2.17. The highest BCUT2D eigenvalue weighted by Gasteiger charge is 2.38. The average Bonchev–Trinajstić information content (AvgIpc) is 3.06. The minimum Gasteiger partial charge on any atom is -0.475 e. The molecule has 0 aromatic carbocycles. The first-order valence-corrected chi connectivity index (χ1v) is 7.41. The van der Waals surface area contributed by atoms with E-state index < -0.39 is 12.1 Å². The zero-order valence-electron chi connectivity index (χ0n) is 13.1. The summed E-state index contributed by atoms with van der Waals surface area (Å²) >= 11 is 0. The smallest absolute Gasteiger partial charge is 0.475 e. The molecule has 2 atom stereocenters. The summed E-state index contributed by atoms with van der Waals surface area (Å²) in [5.74, 6) is -3.62. The van der Waals surface area contributed by atoms with Crippen LogP contribution < -0.4 is 11.1 Å². The maximum absolute atomic E-state index is 11.8. The van der Waals surface area contributed by atoms with E-state index in [0.717, 1.165) is 24.2 Å². The lowest BCUT2D eigenvalue weighted by Crippen LogP contribution is -2.43. The van der Waals surface area contributed by atoms with Gasteiger partial charge in [-0.15, -0.1) is 0 Å². The van der Waals surface area contributed by atoms with Crippen molar-refractivity contribution in [3.63, 3.8) is 0 Å². The minimum absolute atomic E-state index is 0.0679. The first-order chi connectivity index (χ1) is 11.5. The van der Waals surface area contributed by atoms with E-state index in [9.17, 15) is 27.6 Å². The number of hydrogen-bond donors (Lipinski definition) is 3. The fourth-order valence-electron chi connectivity index (χ4n) is 2.39. The molecule has 3 amide bonds. The molecule has 4 N–H and O–H groups in total. The number of imide groups is 1. The van der Waals surface area contributed by atoms with Crippen molar-refractivity contribution in [2.45, 2.75) is 31.5 Å². The van der Waals surface area contributed by atoms with Crippen molar-refractivity contribution >= 4 is 23.7 Å². The van der Waals surface area contributed by atoms with Crippen molar-refractivity contribution < 1.29 is 37.5 Å². The Morgan fingerprint density at radius 3 is 2.16 bits per heavy atom. The van der Waals surface area contributed by atoms with Gasteiger partial charge >= 0.3 is 12.1 Å². The summed E-state index contributed by atoms with van der Waals surface area (Å²) in [6.45, 7) is 0.486. The molecule has 1 aliphatic heterocycles. The maximum atomic E-state index is 11.8. The molecule has 8 nitrogen and oxygen atoms in total. The zero-order valence-corrected chi connectivity index (χ0v) is 13.1. The van der Waals surface area contributed by atoms with Crippen LogP contribution in [-0.4, -0.2) is 59.0 Å². The number of hydrogen-bond acceptors (Lipinski definition) is 5. The van der Waals surface area contributed by atoms with E-state index in [1.807, 2.05) is 0 Å². The summed E-state index contributed by atoms with van der Waals surface area (Å²) in [4.78, 5) is 44.3. The van der Waals surface area contributed by atoms with Gasteiger partial charge < -0.3 is 16.2 Å². The van der Waals surface area contributed by atoms with Crippen molar-refractivity contribution in [3.05, 3.63) is 12.2 Å². The fourth-order valence-corrected chi connectivity index (χ4v) is 2.39. The van der Waals surface area contributed by atoms with E-state index in [2.05, 4.69) is 5.32 Å². The quantitative estimate of drug-likeness (QED) is 0.591. The van der Waals surface area contributed by atoms with Crippen LogP contribution in [0.5, 0.6) is 0 Å². The molecule has 25 heavy (non-hydrogen) atoms. The Hall–Kier alpha value is -2.43. The summed E-state index contributed by atoms with van der Waals surface area (Å²) in [6.07, 6.45) is 0.0571. The minimum atomic E-state index is -5.08. The van der Waals surface area contributed by atoms with Crippen molar-refractivity contribution in [2.24, 2.45) is 11.7 Å². The van der Waals surface area contributed by atoms with Gasteiger partial charge in [0, 0.05) is 31.3 Å². The Balaban J connectivity index is 0.000000381. The van der Waals surface area contributed by atoms with Crippen molar-refractivity contribution in [2.75, 3.05) is 13.1 Å². The summed E-state index contributed by atoms with van der Waals surface area (Å²) < 4.78 is 31.7. The van der Waals surface area contributed by atoms with Crippen LogP contribution in [0.25, 0.3) is 0 Å². The Labute approximate surface area is 140 Å². The molecule has 2 aliphatic rings. The Bertz CT molecular complexity index is 559. The largest absolute Gasteiger partial charge is 0.490 e. The Morgan fingerprint density at radius 2 is 1.76 bits per heavy atom. The molecule has 1 heterocycles. The summed E-state index contributed by atoms with van der Waals surface area (Å²) in [7, 11) is 0. The predicted octanol–water partition coefficient (Wildman–Crippen LogP) is -0.212. The topological polar surface area (TPSA) is 130 Å². The molecule has 0 radical (unpaired) electrons. The number of aliphatic carboxylic acids is 1. The molecule has 11 heteroatoms. The Morgan fingerprint density at radius 1 is 1.24 bits per heavy atom. The van der Waals surface area contributed by atoms with Gasteiger partial charge in [0.25, 0.3) is 11.8 Å². The molecule has 1 saturated carbocycles. The number of carbonyl (C=O) groups is 4. The van der Waals surface area contributed by atoms with Crippen LogP contribution in [0.15, 0.2) is 12.2 Å². The molecule has 0 unspecified atom stereocenters. The number of alkyl halides is 3. The predicted molar refractivity (Wildman–Crippen MR) is 77.9 cm³/mol. The number of carboxylic acid groups (broad SMARTS) is 1. The third-order valence-electron chi connectivity index (χ3n) is 3.68. The van der Waals surface area contributed by atoms with Crippen LogP contribution in [0, 0.1) is 5.92 Å². The fraction of sp³-hybridized carbons (Fsp3) is 0.571. The van der Waals surface area contributed by atoms with Gasteiger partial charge in [0.15, 0.2) is 0 Å². The molecule has 0 saturated heterocycles. The van der Waals surface area contributed by atoms with E-state index in [4.69, 9.17) is 15.6 Å². The third kappa shape index (κ3) is 6.18. The second kappa shape index (κ2) is 8.60. The second-order valence-electron chi connectivity index (χ2n) is 5.46. The summed E-state index contributed by atoms with van der Waals surface area (Å²) in [6, 6.07) is -0.0679. The molecule has 0 aromatic heterocycles. The molecule has 0 aromatic rings. The number of rotatable bonds is 4. The molecular formula is C14H18F3N3O5. The van der Waals surface area contributed by atoms with Gasteiger partial charge in [-0.1, -0.05) is 6.42 Å². The van der Waals surface area contributed by atoms with Crippen LogP contribution in [0.3, 0.4) is 0 Å². The number of nitrogens with two attached hydrogens (primary N) is 1. The van der Waals surface area contributed by atoms with Crippen LogP contribution in [0.4, 0.5) is 13.2 Å². The van der Waals surface area contributed by atoms with E-state index in [1.54, 1.807) is 0 Å². The van der Waals surface area contributed by atoms with Gasteiger partial charge in [-0.05, 0) is 12.8 Å². The first kappa shape index (κ1) is 20.6. The number of amides is 3. The van der Waals surface area contributed by atoms with Crippen molar-refractivity contribution in [1.29, 1.82) is 0 Å². The SMILES string of the molecule is N[C@@H]1CCC[C@@H]1C(=O)NCCN1C(=O)C=CC1=O.O=C(O)C(F)(F)F. The highest BCUT2D eigenvalue weighted by atomic mass is 19.4. The molecular weight excluding hydrogens is 347 g/mol. The number of carbonyl (C=O) groups excluding carboxylic acids is 3. The van der Waals surface area contributed by atoms with E-state index >= 15 is 0 Å². The van der Waals surface area contributed by atoms with Crippen molar-refractivity contribution in [3.8, 4) is 0 Å². The van der Waals surface area contributed by atoms with Crippen LogP contribution in [0.1, 0.15) is 19.3 Å². The molecule has 1 aliphatic carbocycles. The monoisotopic (exact) mass is 365 g/mol. The lowest BCUT2D eigenvalue weighted by atomic mass is 10.0. The van der Waals surface area contributed by atoms with E-state index in [-0.39, 0.29) is 42.8 Å². The second-order valence-corrected chi connectivity index (χ2v) is 5.46. The average molecular weight is 365 g/mol. The first-order valence-electron chi connectivity index (χ1n) is 7.41. The number of carboxylic acids is 1. The van der Waals surface area contributed by atoms with Crippen LogP contribution in [0.2, 0.25) is 0 Å². The van der Waals surface area contributed by atoms with E-state index in [0.29, 0.717) is 0 Å². The summed E-state index contributed by atoms with van der Waals surface area (Å²) in [5.41, 5.74) is 5.83. The number of halogens is 3. The summed E-state index contributed by atoms with van der Waals surface area (Å²) in [5, 5.41) is 9.86. The van der Waals surface area contributed by atoms with Gasteiger partial charge in [0.05, 0.1) is 5.92 Å². The standard InChI is InChI=1S/C12H17N3O3.C2HF3O2/c13-9-3-1-2-8(9)12(18)14-6-7-15-10(16)4-5-11(15)17;3-2(4,5)1(6)7/h4-5,8-9H,1-3,6-7,13H2,(H,14,18);(H,6,7)/t8-,9+;/m0./s1. The van der Waals surface area contributed by atoms with Gasteiger partial charge in [-0.3, -0.25) is 19.3 Å². The van der Waals surface area contributed by atoms with Crippen molar-refractivity contribution in [1.82, 2.24) is 10.2 Å². The third-order valence-corrected chi connectivity index (χ3v) is 3.68. The highest BCUT2D eigenvalue weighted by molar-refractivity contribution is 6.12.